The standard InChI is InChI=1S/C22H26N2O5/c1-5-28-16-8-6-7-15(13-16)19-18(20(25)17-10-9-14(2)29-17)21(26)22(27)24(19)12-11-23(3)4/h6-10,13,19,26H,5,11-12H2,1-4H3/p+1/t19-/m0/s1. The van der Waals surface area contributed by atoms with Crippen LogP contribution in [-0.4, -0.2) is 55.5 Å². The van der Waals surface area contributed by atoms with Crippen molar-refractivity contribution in [1.29, 1.82) is 0 Å². The number of likely N-dealkylation sites (N-methyl/N-ethyl adjacent to an activating group) is 1. The van der Waals surface area contributed by atoms with Crippen LogP contribution in [0.3, 0.4) is 0 Å². The topological polar surface area (TPSA) is 84.4 Å². The van der Waals surface area contributed by atoms with Gasteiger partial charge < -0.3 is 24.1 Å². The van der Waals surface area contributed by atoms with Crippen LogP contribution in [0.5, 0.6) is 5.75 Å². The van der Waals surface area contributed by atoms with Crippen molar-refractivity contribution in [2.45, 2.75) is 19.9 Å². The quantitative estimate of drug-likeness (QED) is 0.660. The van der Waals surface area contributed by atoms with Crippen molar-refractivity contribution in [3.8, 4) is 5.75 Å². The largest absolute Gasteiger partial charge is 0.503 e. The molecule has 154 valence electrons. The number of Topliss-reactive ketones (excluding diaryl/α,β-unsaturated/α-hetero) is 1. The molecule has 2 aromatic rings. The molecule has 2 heterocycles. The number of aliphatic hydroxyl groups excluding tert-OH is 1. The lowest BCUT2D eigenvalue weighted by Gasteiger charge is -2.27. The fourth-order valence-electron chi connectivity index (χ4n) is 3.44. The number of carbonyl (C=O) groups is 2. The Hall–Kier alpha value is -3.06. The van der Waals surface area contributed by atoms with E-state index in [0.717, 1.165) is 4.90 Å². The summed E-state index contributed by atoms with van der Waals surface area (Å²) in [6, 6.07) is 9.79. The highest BCUT2D eigenvalue weighted by Crippen LogP contribution is 2.39. The lowest BCUT2D eigenvalue weighted by atomic mass is 9.95. The molecule has 0 radical (unpaired) electrons. The Morgan fingerprint density at radius 3 is 2.66 bits per heavy atom. The van der Waals surface area contributed by atoms with E-state index in [9.17, 15) is 14.7 Å². The van der Waals surface area contributed by atoms with Gasteiger partial charge in [0.2, 0.25) is 5.78 Å². The van der Waals surface area contributed by atoms with Gasteiger partial charge in [0, 0.05) is 0 Å². The number of ketones is 1. The molecule has 7 nitrogen and oxygen atoms in total. The summed E-state index contributed by atoms with van der Waals surface area (Å²) in [6.45, 7) is 5.18. The number of ether oxygens (including phenoxy) is 1. The van der Waals surface area contributed by atoms with E-state index in [1.54, 1.807) is 25.1 Å². The van der Waals surface area contributed by atoms with Gasteiger partial charge in [-0.05, 0) is 43.7 Å². The maximum atomic E-state index is 13.2. The number of furan rings is 1. The lowest BCUT2D eigenvalue weighted by molar-refractivity contribution is -0.857. The number of nitrogens with zero attached hydrogens (tertiary/aromatic N) is 1. The molecular formula is C22H27N2O5+. The van der Waals surface area contributed by atoms with Gasteiger partial charge in [0.15, 0.2) is 11.5 Å². The third-order valence-electron chi connectivity index (χ3n) is 4.85. The number of hydrogen-bond acceptors (Lipinski definition) is 5. The van der Waals surface area contributed by atoms with Crippen LogP contribution < -0.4 is 9.64 Å². The zero-order chi connectivity index (χ0) is 21.1. The van der Waals surface area contributed by atoms with Crippen LogP contribution >= 0.6 is 0 Å². The van der Waals surface area contributed by atoms with E-state index in [-0.39, 0.29) is 11.3 Å². The van der Waals surface area contributed by atoms with Gasteiger partial charge in [-0.1, -0.05) is 12.1 Å². The molecule has 0 fully saturated rings. The minimum absolute atomic E-state index is 0.0340. The Kier molecular flexibility index (Phi) is 6.08. The highest BCUT2D eigenvalue weighted by molar-refractivity contribution is 6.15. The molecule has 1 aliphatic rings. The van der Waals surface area contributed by atoms with Crippen LogP contribution in [0, 0.1) is 6.92 Å². The normalized spacial score (nSPS) is 16.8. The van der Waals surface area contributed by atoms with Crippen molar-refractivity contribution in [3.63, 3.8) is 0 Å². The predicted molar refractivity (Wildman–Crippen MR) is 107 cm³/mol. The number of carbonyl (C=O) groups excluding carboxylic acids is 2. The fraction of sp³-hybridized carbons (Fsp3) is 0.364. The van der Waals surface area contributed by atoms with Crippen molar-refractivity contribution in [2.75, 3.05) is 33.8 Å². The molecule has 0 aliphatic carbocycles. The Morgan fingerprint density at radius 1 is 1.28 bits per heavy atom. The Balaban J connectivity index is 2.06. The second kappa shape index (κ2) is 8.53. The third-order valence-corrected chi connectivity index (χ3v) is 4.85. The first-order valence-electron chi connectivity index (χ1n) is 9.70. The van der Waals surface area contributed by atoms with E-state index in [2.05, 4.69) is 0 Å². The van der Waals surface area contributed by atoms with Crippen LogP contribution in [0.1, 0.15) is 34.8 Å². The number of aliphatic hydroxyl groups is 1. The van der Waals surface area contributed by atoms with Crippen LogP contribution in [0.15, 0.2) is 52.1 Å². The highest BCUT2D eigenvalue weighted by Gasteiger charge is 2.44. The van der Waals surface area contributed by atoms with Gasteiger partial charge in [0.25, 0.3) is 5.91 Å². The summed E-state index contributed by atoms with van der Waals surface area (Å²) >= 11 is 0. The average Bonchev–Trinajstić information content (AvgIpc) is 3.22. The molecule has 1 aliphatic heterocycles. The van der Waals surface area contributed by atoms with Gasteiger partial charge in [0.1, 0.15) is 11.5 Å². The van der Waals surface area contributed by atoms with Gasteiger partial charge in [-0.3, -0.25) is 9.59 Å². The van der Waals surface area contributed by atoms with E-state index in [1.165, 1.54) is 4.90 Å². The van der Waals surface area contributed by atoms with E-state index < -0.39 is 23.5 Å². The van der Waals surface area contributed by atoms with Crippen LogP contribution in [0.25, 0.3) is 0 Å². The molecule has 29 heavy (non-hydrogen) atoms. The van der Waals surface area contributed by atoms with E-state index >= 15 is 0 Å². The summed E-state index contributed by atoms with van der Waals surface area (Å²) in [6.07, 6.45) is 0. The molecule has 1 amide bonds. The molecule has 0 saturated heterocycles. The number of benzene rings is 1. The second-order valence-electron chi connectivity index (χ2n) is 7.37. The minimum Gasteiger partial charge on any atom is -0.503 e. The van der Waals surface area contributed by atoms with E-state index in [4.69, 9.17) is 9.15 Å². The Bertz CT molecular complexity index is 944. The van der Waals surface area contributed by atoms with Gasteiger partial charge >= 0.3 is 0 Å². The van der Waals surface area contributed by atoms with Crippen LogP contribution in [0.2, 0.25) is 0 Å². The maximum absolute atomic E-state index is 13.2. The number of amides is 1. The maximum Gasteiger partial charge on any atom is 0.290 e. The summed E-state index contributed by atoms with van der Waals surface area (Å²) in [5, 5.41) is 10.6. The molecule has 0 bridgehead atoms. The average molecular weight is 399 g/mol. The number of aryl methyl sites for hydroxylation is 1. The van der Waals surface area contributed by atoms with Crippen molar-refractivity contribution in [2.24, 2.45) is 0 Å². The molecule has 0 spiro atoms. The molecule has 7 heteroatoms. The number of rotatable bonds is 8. The monoisotopic (exact) mass is 399 g/mol. The van der Waals surface area contributed by atoms with Crippen molar-refractivity contribution >= 4 is 11.7 Å². The summed E-state index contributed by atoms with van der Waals surface area (Å²) in [5.41, 5.74) is 0.737. The van der Waals surface area contributed by atoms with Gasteiger partial charge in [0.05, 0.1) is 45.4 Å². The minimum atomic E-state index is -0.708. The molecule has 2 N–H and O–H groups in total. The number of hydrogen-bond donors (Lipinski definition) is 2. The summed E-state index contributed by atoms with van der Waals surface area (Å²) < 4.78 is 11.1. The first kappa shape index (κ1) is 20.7. The van der Waals surface area contributed by atoms with Crippen molar-refractivity contribution in [1.82, 2.24) is 4.90 Å². The second-order valence-corrected chi connectivity index (χ2v) is 7.37. The summed E-state index contributed by atoms with van der Waals surface area (Å²) in [4.78, 5) is 28.7. The lowest BCUT2D eigenvalue weighted by Crippen LogP contribution is -3.06. The smallest absolute Gasteiger partial charge is 0.290 e. The van der Waals surface area contributed by atoms with Crippen LogP contribution in [-0.2, 0) is 4.79 Å². The first-order chi connectivity index (χ1) is 13.8. The molecule has 0 unspecified atom stereocenters. The Morgan fingerprint density at radius 2 is 2.03 bits per heavy atom. The molecule has 1 aromatic carbocycles. The predicted octanol–water partition coefficient (Wildman–Crippen LogP) is 1.71. The highest BCUT2D eigenvalue weighted by atomic mass is 16.5. The summed E-state index contributed by atoms with van der Waals surface area (Å²) in [7, 11) is 3.96. The van der Waals surface area contributed by atoms with E-state index in [1.807, 2.05) is 39.2 Å². The van der Waals surface area contributed by atoms with Gasteiger partial charge in [-0.2, -0.15) is 0 Å². The first-order valence-corrected chi connectivity index (χ1v) is 9.70. The van der Waals surface area contributed by atoms with Gasteiger partial charge in [-0.25, -0.2) is 0 Å². The molecule has 1 atom stereocenters. The van der Waals surface area contributed by atoms with Crippen molar-refractivity contribution in [3.05, 3.63) is 64.8 Å². The SMILES string of the molecule is CCOc1cccc([C@H]2C(C(=O)c3ccc(C)o3)=C(O)C(=O)N2CC[NH+](C)C)c1. The third kappa shape index (κ3) is 4.19. The number of quaternary nitrogens is 1. The van der Waals surface area contributed by atoms with Crippen molar-refractivity contribution < 1.29 is 28.7 Å². The zero-order valence-corrected chi connectivity index (χ0v) is 17.2. The van der Waals surface area contributed by atoms with Crippen LogP contribution in [0.4, 0.5) is 0 Å². The summed E-state index contributed by atoms with van der Waals surface area (Å²) in [5.74, 6) is -0.240. The molecule has 1 aromatic heterocycles. The number of nitrogens with one attached hydrogen (secondary N) is 1. The fourth-order valence-corrected chi connectivity index (χ4v) is 3.44. The molecule has 0 saturated carbocycles. The Labute approximate surface area is 170 Å². The molecular weight excluding hydrogens is 372 g/mol. The van der Waals surface area contributed by atoms with Gasteiger partial charge in [-0.15, -0.1) is 0 Å². The van der Waals surface area contributed by atoms with E-state index in [0.29, 0.717) is 36.8 Å². The zero-order valence-electron chi connectivity index (χ0n) is 17.2. The molecule has 3 rings (SSSR count).